The summed E-state index contributed by atoms with van der Waals surface area (Å²) >= 11 is 0. The molecule has 0 saturated carbocycles. The van der Waals surface area contributed by atoms with Crippen molar-refractivity contribution >= 4 is 50.5 Å². The van der Waals surface area contributed by atoms with Crippen molar-refractivity contribution < 1.29 is 0 Å². The van der Waals surface area contributed by atoms with Crippen molar-refractivity contribution in [3.05, 3.63) is 187 Å². The second kappa shape index (κ2) is 11.7. The molecule has 1 unspecified atom stereocenters. The highest BCUT2D eigenvalue weighted by Crippen LogP contribution is 2.39. The minimum atomic E-state index is -0.275. The van der Waals surface area contributed by atoms with Crippen LogP contribution in [-0.4, -0.2) is 28.6 Å². The van der Waals surface area contributed by atoms with E-state index in [-0.39, 0.29) is 6.17 Å². The molecule has 0 spiro atoms. The standard InChI is InChI=1S/C46H33N5/c1-50-45-35-16-8-12-31(26-35)33-14-10-20-39(28-33)51(37-17-3-2-4-18-37)38-19-9-13-32(27-38)30-11-7-15-34(25-30)44(48-45)49-46(50)36-23-24-43-41(29-36)40-21-5-6-22-42(40)47-43/h2-29,46-47H,1H3. The van der Waals surface area contributed by atoms with E-state index in [0.29, 0.717) is 0 Å². The Morgan fingerprint density at radius 1 is 0.471 bits per heavy atom. The molecule has 51 heavy (non-hydrogen) atoms. The third-order valence-corrected chi connectivity index (χ3v) is 10.1. The minimum absolute atomic E-state index is 0.275. The SMILES string of the molecule is CN1C2=NC(=NC1c1ccc3[nH]c4ccccc4c3c1)c1cccc(c1)-c1cccc(c1)N(c1ccccc1)c1cccc(c1)-c1cccc2c1. The summed E-state index contributed by atoms with van der Waals surface area (Å²) in [5.41, 5.74) is 13.2. The van der Waals surface area contributed by atoms with Crippen LogP contribution in [0.5, 0.6) is 0 Å². The molecule has 8 aromatic rings. The van der Waals surface area contributed by atoms with Gasteiger partial charge in [-0.05, 0) is 94.5 Å². The number of amidine groups is 2. The number of H-pyrrole nitrogens is 1. The van der Waals surface area contributed by atoms with Crippen LogP contribution in [0.1, 0.15) is 22.9 Å². The van der Waals surface area contributed by atoms with Gasteiger partial charge >= 0.3 is 0 Å². The number of rotatable bonds is 2. The van der Waals surface area contributed by atoms with Gasteiger partial charge in [0.1, 0.15) is 5.84 Å². The van der Waals surface area contributed by atoms with E-state index in [1.807, 2.05) is 0 Å². The van der Waals surface area contributed by atoms with Gasteiger partial charge in [-0.15, -0.1) is 0 Å². The zero-order chi connectivity index (χ0) is 33.9. The first-order chi connectivity index (χ1) is 25.2. The highest BCUT2D eigenvalue weighted by atomic mass is 15.3. The van der Waals surface area contributed by atoms with Crippen LogP contribution < -0.4 is 4.90 Å². The number of aromatic amines is 1. The molecular formula is C46H33N5. The van der Waals surface area contributed by atoms with Crippen LogP contribution >= 0.6 is 0 Å². The second-order valence-corrected chi connectivity index (χ2v) is 13.3. The maximum absolute atomic E-state index is 5.38. The zero-order valence-electron chi connectivity index (χ0n) is 28.0. The number of nitrogens with one attached hydrogen (secondary N) is 1. The van der Waals surface area contributed by atoms with Crippen molar-refractivity contribution in [2.45, 2.75) is 6.17 Å². The molecule has 0 amide bonds. The molecule has 0 saturated heterocycles. The van der Waals surface area contributed by atoms with Crippen LogP contribution in [0.25, 0.3) is 44.1 Å². The number of aliphatic imine (C=N–C) groups is 2. The number of aromatic nitrogens is 1. The number of hydrogen-bond donors (Lipinski definition) is 1. The third kappa shape index (κ3) is 5.01. The van der Waals surface area contributed by atoms with Crippen LogP contribution in [0.4, 0.5) is 17.1 Å². The molecule has 5 heteroatoms. The fraction of sp³-hybridized carbons (Fsp3) is 0.0435. The summed E-state index contributed by atoms with van der Waals surface area (Å²) in [7, 11) is 2.11. The summed E-state index contributed by atoms with van der Waals surface area (Å²) in [6.07, 6.45) is -0.275. The lowest BCUT2D eigenvalue weighted by Crippen LogP contribution is -2.35. The van der Waals surface area contributed by atoms with Crippen LogP contribution in [0, 0.1) is 0 Å². The quantitative estimate of drug-likeness (QED) is 0.201. The van der Waals surface area contributed by atoms with E-state index in [0.717, 1.165) is 78.7 Å². The van der Waals surface area contributed by atoms with E-state index in [1.165, 1.54) is 10.8 Å². The first-order valence-corrected chi connectivity index (χ1v) is 17.3. The van der Waals surface area contributed by atoms with E-state index in [1.54, 1.807) is 0 Å². The molecule has 2 aliphatic heterocycles. The third-order valence-electron chi connectivity index (χ3n) is 10.1. The highest BCUT2D eigenvalue weighted by Gasteiger charge is 2.28. The maximum Gasteiger partial charge on any atom is 0.159 e. The predicted octanol–water partition coefficient (Wildman–Crippen LogP) is 11.3. The Bertz CT molecular complexity index is 2690. The van der Waals surface area contributed by atoms with Gasteiger partial charge in [-0.3, -0.25) is 0 Å². The molecule has 10 bridgehead atoms. The number of fused-ring (bicyclic) bond motifs is 16. The monoisotopic (exact) mass is 655 g/mol. The smallest absolute Gasteiger partial charge is 0.159 e. The van der Waals surface area contributed by atoms with Crippen molar-refractivity contribution in [3.63, 3.8) is 0 Å². The summed E-state index contributed by atoms with van der Waals surface area (Å²) in [5, 5.41) is 2.41. The molecule has 7 aromatic carbocycles. The van der Waals surface area contributed by atoms with E-state index >= 15 is 0 Å². The van der Waals surface area contributed by atoms with Gasteiger partial charge in [0.25, 0.3) is 0 Å². The molecule has 10 rings (SSSR count). The molecule has 2 aliphatic rings. The Kier molecular flexibility index (Phi) is 6.71. The van der Waals surface area contributed by atoms with Crippen molar-refractivity contribution in [2.75, 3.05) is 11.9 Å². The van der Waals surface area contributed by atoms with Crippen molar-refractivity contribution in [2.24, 2.45) is 9.98 Å². The van der Waals surface area contributed by atoms with Crippen molar-refractivity contribution in [1.29, 1.82) is 0 Å². The van der Waals surface area contributed by atoms with E-state index in [2.05, 4.69) is 192 Å². The van der Waals surface area contributed by atoms with Gasteiger partial charge in [0.05, 0.1) is 0 Å². The molecule has 1 aromatic heterocycles. The molecule has 0 radical (unpaired) electrons. The van der Waals surface area contributed by atoms with Gasteiger partial charge < -0.3 is 14.8 Å². The molecule has 0 aliphatic carbocycles. The number of para-hydroxylation sites is 2. The molecule has 242 valence electrons. The van der Waals surface area contributed by atoms with Gasteiger partial charge in [-0.2, -0.15) is 0 Å². The fourth-order valence-corrected chi connectivity index (χ4v) is 7.61. The maximum atomic E-state index is 5.38. The minimum Gasteiger partial charge on any atom is -0.355 e. The molecule has 5 nitrogen and oxygen atoms in total. The van der Waals surface area contributed by atoms with Gasteiger partial charge in [0.15, 0.2) is 12.0 Å². The molecule has 0 fully saturated rings. The lowest BCUT2D eigenvalue weighted by Gasteiger charge is -2.33. The largest absolute Gasteiger partial charge is 0.355 e. The molecule has 1 N–H and O–H groups in total. The zero-order valence-corrected chi connectivity index (χ0v) is 28.0. The number of hydrogen-bond acceptors (Lipinski definition) is 4. The Morgan fingerprint density at radius 3 is 1.78 bits per heavy atom. The average Bonchev–Trinajstić information content (AvgIpc) is 3.57. The summed E-state index contributed by atoms with van der Waals surface area (Å²) in [4.78, 5) is 18.8. The summed E-state index contributed by atoms with van der Waals surface area (Å²) in [6, 6.07) is 60.7. The van der Waals surface area contributed by atoms with E-state index < -0.39 is 0 Å². The fourth-order valence-electron chi connectivity index (χ4n) is 7.61. The average molecular weight is 656 g/mol. The first kappa shape index (κ1) is 29.2. The van der Waals surface area contributed by atoms with E-state index in [4.69, 9.17) is 9.98 Å². The van der Waals surface area contributed by atoms with Gasteiger partial charge in [-0.1, -0.05) is 103 Å². The van der Waals surface area contributed by atoms with Crippen molar-refractivity contribution in [3.8, 4) is 22.3 Å². The van der Waals surface area contributed by atoms with Gasteiger partial charge in [0.2, 0.25) is 0 Å². The molecular weight excluding hydrogens is 623 g/mol. The van der Waals surface area contributed by atoms with Crippen molar-refractivity contribution in [1.82, 2.24) is 9.88 Å². The lowest BCUT2D eigenvalue weighted by molar-refractivity contribution is 0.383. The van der Waals surface area contributed by atoms with E-state index in [9.17, 15) is 0 Å². The lowest BCUT2D eigenvalue weighted by atomic mass is 9.98. The Hall–Kier alpha value is -6.72. The Balaban J connectivity index is 1.20. The van der Waals surface area contributed by atoms with Gasteiger partial charge in [0, 0.05) is 57.0 Å². The normalized spacial score (nSPS) is 15.1. The Morgan fingerprint density at radius 2 is 1.04 bits per heavy atom. The second-order valence-electron chi connectivity index (χ2n) is 13.3. The number of nitrogens with zero attached hydrogens (tertiary/aromatic N) is 4. The van der Waals surface area contributed by atoms with Gasteiger partial charge in [-0.25, -0.2) is 9.98 Å². The van der Waals surface area contributed by atoms with Crippen LogP contribution in [0.3, 0.4) is 0 Å². The van der Waals surface area contributed by atoms with Crippen LogP contribution in [0.2, 0.25) is 0 Å². The highest BCUT2D eigenvalue weighted by molar-refractivity contribution is 6.14. The Labute approximate surface area is 296 Å². The summed E-state index contributed by atoms with van der Waals surface area (Å²) < 4.78 is 0. The van der Waals surface area contributed by atoms with Crippen LogP contribution in [0.15, 0.2) is 180 Å². The topological polar surface area (TPSA) is 47.0 Å². The first-order valence-electron chi connectivity index (χ1n) is 17.3. The van der Waals surface area contributed by atoms with Crippen LogP contribution in [-0.2, 0) is 0 Å². The molecule has 3 heterocycles. The number of anilines is 3. The number of benzene rings is 7. The predicted molar refractivity (Wildman–Crippen MR) is 211 cm³/mol. The summed E-state index contributed by atoms with van der Waals surface area (Å²) in [6.45, 7) is 0. The molecule has 1 atom stereocenters. The summed E-state index contributed by atoms with van der Waals surface area (Å²) in [5.74, 6) is 1.60.